The Balaban J connectivity index is 2.26. The number of aliphatic hydroxyl groups excluding tert-OH is 1. The number of benzene rings is 1. The molecule has 1 aromatic carbocycles. The van der Waals surface area contributed by atoms with Gasteiger partial charge in [0, 0.05) is 5.56 Å². The fraction of sp³-hybridized carbons (Fsp3) is 0.458. The highest BCUT2D eigenvalue weighted by Gasteiger charge is 2.65. The van der Waals surface area contributed by atoms with Crippen molar-refractivity contribution in [3.63, 3.8) is 0 Å². The molecule has 0 radical (unpaired) electrons. The third-order valence-electron chi connectivity index (χ3n) is 6.72. The highest BCUT2D eigenvalue weighted by Crippen LogP contribution is 2.57. The molecular formula is C24H28O4. The van der Waals surface area contributed by atoms with E-state index < -0.39 is 28.3 Å². The number of Topliss-reactive ketones (excluding diaryl/α,β-unsaturated/α-hetero) is 3. The van der Waals surface area contributed by atoms with E-state index in [0.717, 1.165) is 5.57 Å². The molecule has 0 aromatic heterocycles. The Morgan fingerprint density at radius 2 is 1.75 bits per heavy atom. The molecule has 0 aliphatic heterocycles. The zero-order chi connectivity index (χ0) is 20.9. The van der Waals surface area contributed by atoms with E-state index in [0.29, 0.717) is 12.0 Å². The summed E-state index contributed by atoms with van der Waals surface area (Å²) >= 11 is 0. The average Bonchev–Trinajstić information content (AvgIpc) is 2.63. The van der Waals surface area contributed by atoms with Crippen LogP contribution in [0.4, 0.5) is 0 Å². The van der Waals surface area contributed by atoms with Crippen LogP contribution >= 0.6 is 0 Å². The fourth-order valence-corrected chi connectivity index (χ4v) is 4.56. The average molecular weight is 380 g/mol. The summed E-state index contributed by atoms with van der Waals surface area (Å²) in [7, 11) is 0. The Labute approximate surface area is 166 Å². The number of hydrogen-bond acceptors (Lipinski definition) is 4. The van der Waals surface area contributed by atoms with Crippen molar-refractivity contribution in [2.24, 2.45) is 22.7 Å². The molecule has 2 aliphatic rings. The first-order chi connectivity index (χ1) is 13.0. The Kier molecular flexibility index (Phi) is 4.95. The van der Waals surface area contributed by atoms with E-state index in [1.54, 1.807) is 30.3 Å². The molecule has 2 aliphatic carbocycles. The smallest absolute Gasteiger partial charge is 0.184 e. The van der Waals surface area contributed by atoms with Crippen LogP contribution in [0.3, 0.4) is 0 Å². The molecule has 2 saturated carbocycles. The highest BCUT2D eigenvalue weighted by atomic mass is 16.3. The van der Waals surface area contributed by atoms with E-state index in [1.165, 1.54) is 0 Å². The second-order valence-corrected chi connectivity index (χ2v) is 9.07. The zero-order valence-electron chi connectivity index (χ0n) is 17.2. The first kappa shape index (κ1) is 20.2. The van der Waals surface area contributed by atoms with Gasteiger partial charge in [0.05, 0.1) is 11.3 Å². The highest BCUT2D eigenvalue weighted by molar-refractivity contribution is 6.39. The Morgan fingerprint density at radius 3 is 2.32 bits per heavy atom. The zero-order valence-corrected chi connectivity index (χ0v) is 17.2. The lowest BCUT2D eigenvalue weighted by molar-refractivity contribution is -0.161. The molecule has 4 heteroatoms. The topological polar surface area (TPSA) is 71.4 Å². The van der Waals surface area contributed by atoms with Gasteiger partial charge in [-0.15, -0.1) is 0 Å². The first-order valence-corrected chi connectivity index (χ1v) is 9.79. The standard InChI is InChI=1S/C24H28O4/c1-14(2)11-12-24-13-15(3)23(4,5)18(22(24)28)20(26)17(21(24)27)19(25)16-9-7-6-8-10-16/h6-11,15,18,25H,12-13H2,1-5H3/b19-17+/t15-,18+,24-/m1/s1. The summed E-state index contributed by atoms with van der Waals surface area (Å²) in [4.78, 5) is 40.4. The van der Waals surface area contributed by atoms with Gasteiger partial charge in [-0.1, -0.05) is 62.8 Å². The molecule has 3 rings (SSSR count). The molecule has 4 nitrogen and oxygen atoms in total. The second-order valence-electron chi connectivity index (χ2n) is 9.07. The molecule has 0 unspecified atom stereocenters. The third kappa shape index (κ3) is 2.86. The molecule has 0 saturated heterocycles. The van der Waals surface area contributed by atoms with Crippen LogP contribution < -0.4 is 0 Å². The van der Waals surface area contributed by atoms with Crippen molar-refractivity contribution in [1.82, 2.24) is 0 Å². The summed E-state index contributed by atoms with van der Waals surface area (Å²) in [6.45, 7) is 9.67. The number of fused-ring (bicyclic) bond motifs is 2. The predicted molar refractivity (Wildman–Crippen MR) is 109 cm³/mol. The molecule has 1 aromatic rings. The van der Waals surface area contributed by atoms with E-state index in [1.807, 2.05) is 40.7 Å². The lowest BCUT2D eigenvalue weighted by Gasteiger charge is -2.52. The van der Waals surface area contributed by atoms with Crippen LogP contribution in [0.15, 0.2) is 47.6 Å². The monoisotopic (exact) mass is 380 g/mol. The SMILES string of the molecule is CC(C)=CC[C@@]12C[C@@H](C)C(C)(C)[C@@H](C(=O)/C(=C(\O)c3ccccc3)C1=O)C2=O. The van der Waals surface area contributed by atoms with Crippen molar-refractivity contribution >= 4 is 23.1 Å². The van der Waals surface area contributed by atoms with Gasteiger partial charge in [-0.25, -0.2) is 0 Å². The molecule has 0 heterocycles. The number of aliphatic hydroxyl groups is 1. The number of carbonyl (C=O) groups excluding carboxylic acids is 3. The third-order valence-corrected chi connectivity index (χ3v) is 6.72. The number of carbonyl (C=O) groups is 3. The summed E-state index contributed by atoms with van der Waals surface area (Å²) < 4.78 is 0. The van der Waals surface area contributed by atoms with Gasteiger partial charge in [-0.05, 0) is 38.0 Å². The Morgan fingerprint density at radius 1 is 1.14 bits per heavy atom. The summed E-state index contributed by atoms with van der Waals surface area (Å²) in [5.74, 6) is -2.57. The minimum atomic E-state index is -1.27. The van der Waals surface area contributed by atoms with E-state index in [-0.39, 0.29) is 29.5 Å². The maximum atomic E-state index is 13.6. The van der Waals surface area contributed by atoms with Crippen molar-refractivity contribution in [3.05, 3.63) is 53.1 Å². The van der Waals surface area contributed by atoms with Crippen LogP contribution in [0.5, 0.6) is 0 Å². The van der Waals surface area contributed by atoms with Gasteiger partial charge in [0.2, 0.25) is 0 Å². The Bertz CT molecular complexity index is 900. The van der Waals surface area contributed by atoms with E-state index in [4.69, 9.17) is 0 Å². The van der Waals surface area contributed by atoms with Crippen molar-refractivity contribution in [2.75, 3.05) is 0 Å². The molecule has 2 fully saturated rings. The van der Waals surface area contributed by atoms with Gasteiger partial charge < -0.3 is 5.11 Å². The van der Waals surface area contributed by atoms with Crippen molar-refractivity contribution in [1.29, 1.82) is 0 Å². The van der Waals surface area contributed by atoms with Gasteiger partial charge in [0.1, 0.15) is 11.3 Å². The van der Waals surface area contributed by atoms with E-state index in [9.17, 15) is 19.5 Å². The fourth-order valence-electron chi connectivity index (χ4n) is 4.56. The van der Waals surface area contributed by atoms with Gasteiger partial charge >= 0.3 is 0 Å². The van der Waals surface area contributed by atoms with Crippen molar-refractivity contribution < 1.29 is 19.5 Å². The first-order valence-electron chi connectivity index (χ1n) is 9.79. The largest absolute Gasteiger partial charge is 0.506 e. The minimum absolute atomic E-state index is 0.0223. The summed E-state index contributed by atoms with van der Waals surface area (Å²) in [5, 5.41) is 10.9. The Hall–Kier alpha value is -2.49. The van der Waals surface area contributed by atoms with Gasteiger partial charge in [0.15, 0.2) is 17.3 Å². The van der Waals surface area contributed by atoms with Gasteiger partial charge in [-0.2, -0.15) is 0 Å². The second kappa shape index (κ2) is 6.84. The lowest BCUT2D eigenvalue weighted by atomic mass is 9.47. The maximum absolute atomic E-state index is 13.6. The molecule has 28 heavy (non-hydrogen) atoms. The molecule has 0 spiro atoms. The normalized spacial score (nSPS) is 30.8. The van der Waals surface area contributed by atoms with Gasteiger partial charge in [-0.3, -0.25) is 14.4 Å². The molecule has 148 valence electrons. The summed E-state index contributed by atoms with van der Waals surface area (Å²) in [6, 6.07) is 8.59. The molecule has 0 amide bonds. The summed E-state index contributed by atoms with van der Waals surface area (Å²) in [6.07, 6.45) is 2.55. The number of allylic oxidation sites excluding steroid dienone is 3. The van der Waals surface area contributed by atoms with Crippen LogP contribution in [0.1, 0.15) is 53.0 Å². The number of ketones is 3. The van der Waals surface area contributed by atoms with Crippen LogP contribution in [-0.4, -0.2) is 22.5 Å². The van der Waals surface area contributed by atoms with E-state index >= 15 is 0 Å². The molecular weight excluding hydrogens is 352 g/mol. The van der Waals surface area contributed by atoms with E-state index in [2.05, 4.69) is 0 Å². The lowest BCUT2D eigenvalue weighted by Crippen LogP contribution is -2.62. The van der Waals surface area contributed by atoms with Crippen molar-refractivity contribution in [3.8, 4) is 0 Å². The van der Waals surface area contributed by atoms with Crippen molar-refractivity contribution in [2.45, 2.75) is 47.5 Å². The number of rotatable bonds is 3. The molecule has 2 bridgehead atoms. The van der Waals surface area contributed by atoms with Crippen LogP contribution in [-0.2, 0) is 14.4 Å². The number of hydrogen-bond donors (Lipinski definition) is 1. The van der Waals surface area contributed by atoms with Crippen LogP contribution in [0.25, 0.3) is 5.76 Å². The predicted octanol–water partition coefficient (Wildman–Crippen LogP) is 4.70. The molecule has 1 N–H and O–H groups in total. The van der Waals surface area contributed by atoms with Crippen LogP contribution in [0, 0.1) is 22.7 Å². The van der Waals surface area contributed by atoms with Gasteiger partial charge in [0.25, 0.3) is 0 Å². The summed E-state index contributed by atoms with van der Waals surface area (Å²) in [5.41, 5.74) is -0.638. The quantitative estimate of drug-likeness (QED) is 0.271. The van der Waals surface area contributed by atoms with Crippen LogP contribution in [0.2, 0.25) is 0 Å². The molecule has 3 atom stereocenters. The minimum Gasteiger partial charge on any atom is -0.506 e. The maximum Gasteiger partial charge on any atom is 0.184 e.